The minimum atomic E-state index is -1.37. The summed E-state index contributed by atoms with van der Waals surface area (Å²) in [5.74, 6) is 0. The van der Waals surface area contributed by atoms with Gasteiger partial charge < -0.3 is 0 Å². The number of hydrogen-bond acceptors (Lipinski definition) is 4. The van der Waals surface area contributed by atoms with E-state index in [1.165, 1.54) is 0 Å². The summed E-state index contributed by atoms with van der Waals surface area (Å²) in [7, 11) is 0. The SMILES string of the molecule is ClC(Cl)(Cl)Sc1ccc(SC(Cl)(Cl)Cl)cc1.Sc1ccc(S)cc1. The average molecular weight is 519 g/mol. The largest absolute Gasteiger partial charge is 0.241 e. The first kappa shape index (κ1) is 23.6. The van der Waals surface area contributed by atoms with E-state index in [0.29, 0.717) is 0 Å². The summed E-state index contributed by atoms with van der Waals surface area (Å²) in [5, 5.41) is 0. The van der Waals surface area contributed by atoms with Crippen LogP contribution in [-0.4, -0.2) is 6.25 Å². The minimum absolute atomic E-state index is 0.827. The predicted octanol–water partition coefficient (Wildman–Crippen LogP) is 8.79. The van der Waals surface area contributed by atoms with Gasteiger partial charge in [-0.3, -0.25) is 0 Å². The Morgan fingerprint density at radius 2 is 0.792 bits per heavy atom. The van der Waals surface area contributed by atoms with Crippen LogP contribution in [0.25, 0.3) is 0 Å². The average Bonchev–Trinajstić information content (AvgIpc) is 2.42. The van der Waals surface area contributed by atoms with Gasteiger partial charge in [-0.1, -0.05) is 93.1 Å². The Kier molecular flexibility index (Phi) is 10.6. The normalized spacial score (nSPS) is 11.7. The van der Waals surface area contributed by atoms with Gasteiger partial charge in [0.25, 0.3) is 0 Å². The number of thiol groups is 2. The number of alkyl halides is 6. The highest BCUT2D eigenvalue weighted by Crippen LogP contribution is 2.46. The first-order valence-electron chi connectivity index (χ1n) is 6.04. The summed E-state index contributed by atoms with van der Waals surface area (Å²) in [5.41, 5.74) is 0. The third-order valence-corrected chi connectivity index (χ3v) is 5.60. The molecule has 0 atom stereocenters. The molecule has 0 heterocycles. The summed E-state index contributed by atoms with van der Waals surface area (Å²) in [6, 6.07) is 14.8. The van der Waals surface area contributed by atoms with Crippen molar-refractivity contribution in [3.63, 3.8) is 0 Å². The zero-order chi connectivity index (χ0) is 18.4. The minimum Gasteiger partial charge on any atom is -0.143 e. The molecule has 0 saturated heterocycles. The molecule has 2 aromatic carbocycles. The molecule has 0 saturated carbocycles. The molecule has 0 radical (unpaired) electrons. The lowest BCUT2D eigenvalue weighted by molar-refractivity contribution is 1.35. The summed E-state index contributed by atoms with van der Waals surface area (Å²) in [4.78, 5) is 3.60. The molecule has 0 aliphatic heterocycles. The topological polar surface area (TPSA) is 0 Å². The number of rotatable bonds is 2. The highest BCUT2D eigenvalue weighted by molar-refractivity contribution is 8.05. The van der Waals surface area contributed by atoms with Crippen LogP contribution in [0.5, 0.6) is 0 Å². The Bertz CT molecular complexity index is 564. The maximum Gasteiger partial charge on any atom is 0.241 e. The van der Waals surface area contributed by atoms with Gasteiger partial charge in [0.1, 0.15) is 0 Å². The standard InChI is InChI=1S/C8H4Cl6S2.C6H6S2/c9-7(10,11)15-5-1-2-6(4-3-5)16-8(12,13)14;7-5-1-2-6(8)4-3-5/h1-4H;1-4,7-8H. The van der Waals surface area contributed by atoms with Crippen LogP contribution in [-0.2, 0) is 0 Å². The molecular weight excluding hydrogens is 509 g/mol. The van der Waals surface area contributed by atoms with Gasteiger partial charge in [0.15, 0.2) is 0 Å². The molecule has 0 unspecified atom stereocenters. The van der Waals surface area contributed by atoms with Gasteiger partial charge in [-0.2, -0.15) is 0 Å². The Morgan fingerprint density at radius 3 is 1.00 bits per heavy atom. The molecule has 24 heavy (non-hydrogen) atoms. The van der Waals surface area contributed by atoms with Crippen LogP contribution < -0.4 is 0 Å². The van der Waals surface area contributed by atoms with Gasteiger partial charge in [-0.05, 0) is 48.5 Å². The van der Waals surface area contributed by atoms with Crippen molar-refractivity contribution in [3.8, 4) is 0 Å². The zero-order valence-corrected chi connectivity index (χ0v) is 19.6. The van der Waals surface area contributed by atoms with E-state index in [4.69, 9.17) is 69.6 Å². The fourth-order valence-electron chi connectivity index (χ4n) is 1.30. The van der Waals surface area contributed by atoms with Gasteiger partial charge in [0.05, 0.1) is 0 Å². The molecule has 0 aliphatic rings. The van der Waals surface area contributed by atoms with Crippen LogP contribution in [0.4, 0.5) is 0 Å². The van der Waals surface area contributed by atoms with E-state index in [2.05, 4.69) is 25.3 Å². The summed E-state index contributed by atoms with van der Waals surface area (Å²) in [6.45, 7) is 0. The van der Waals surface area contributed by atoms with Crippen LogP contribution in [0.1, 0.15) is 0 Å². The second-order valence-electron chi connectivity index (χ2n) is 4.08. The predicted molar refractivity (Wildman–Crippen MR) is 120 cm³/mol. The second kappa shape index (κ2) is 10.8. The third-order valence-electron chi connectivity index (χ3n) is 2.14. The van der Waals surface area contributed by atoms with E-state index < -0.39 is 6.25 Å². The van der Waals surface area contributed by atoms with Crippen molar-refractivity contribution in [3.05, 3.63) is 48.5 Å². The molecule has 2 aromatic rings. The number of hydrogen-bond donors (Lipinski definition) is 2. The van der Waals surface area contributed by atoms with Crippen LogP contribution in [0, 0.1) is 0 Å². The zero-order valence-electron chi connectivity index (χ0n) is 11.6. The van der Waals surface area contributed by atoms with Crippen molar-refractivity contribution in [2.45, 2.75) is 25.8 Å². The van der Waals surface area contributed by atoms with Crippen molar-refractivity contribution in [1.29, 1.82) is 0 Å². The van der Waals surface area contributed by atoms with Crippen LogP contribution >= 0.6 is 118 Å². The van der Waals surface area contributed by atoms with E-state index in [9.17, 15) is 0 Å². The molecule has 0 amide bonds. The van der Waals surface area contributed by atoms with Crippen molar-refractivity contribution in [1.82, 2.24) is 0 Å². The number of thioether (sulfide) groups is 2. The molecular formula is C14H10Cl6S4. The lowest BCUT2D eigenvalue weighted by Crippen LogP contribution is -1.94. The van der Waals surface area contributed by atoms with Crippen molar-refractivity contribution in [2.75, 3.05) is 0 Å². The monoisotopic (exact) mass is 516 g/mol. The number of benzene rings is 2. The van der Waals surface area contributed by atoms with Gasteiger partial charge in [-0.15, -0.1) is 25.3 Å². The lowest BCUT2D eigenvalue weighted by atomic mass is 10.4. The molecule has 0 aromatic heterocycles. The molecule has 0 spiro atoms. The van der Waals surface area contributed by atoms with E-state index in [1.54, 1.807) is 24.3 Å². The molecule has 0 aliphatic carbocycles. The molecule has 132 valence electrons. The second-order valence-corrected chi connectivity index (χ2v) is 13.6. The maximum absolute atomic E-state index is 5.64. The molecule has 0 N–H and O–H groups in total. The fourth-order valence-corrected chi connectivity index (χ4v) is 4.28. The first-order chi connectivity index (χ1) is 10.9. The Labute approximate surface area is 191 Å². The fraction of sp³-hybridized carbons (Fsp3) is 0.143. The molecule has 0 bridgehead atoms. The summed E-state index contributed by atoms with van der Waals surface area (Å²) >= 11 is 44.3. The maximum atomic E-state index is 5.64. The smallest absolute Gasteiger partial charge is 0.143 e. The van der Waals surface area contributed by atoms with E-state index in [-0.39, 0.29) is 0 Å². The third kappa shape index (κ3) is 12.1. The van der Waals surface area contributed by atoms with Crippen molar-refractivity contribution >= 4 is 118 Å². The molecule has 0 fully saturated rings. The highest BCUT2D eigenvalue weighted by atomic mass is 35.6. The number of halogens is 6. The summed E-state index contributed by atoms with van der Waals surface area (Å²) in [6.07, 6.45) is 0. The van der Waals surface area contributed by atoms with Crippen LogP contribution in [0.2, 0.25) is 0 Å². The quantitative estimate of drug-likeness (QED) is 0.231. The molecule has 10 heteroatoms. The Morgan fingerprint density at radius 1 is 0.542 bits per heavy atom. The van der Waals surface area contributed by atoms with E-state index >= 15 is 0 Å². The Balaban J connectivity index is 0.000000300. The van der Waals surface area contributed by atoms with Crippen molar-refractivity contribution in [2.24, 2.45) is 0 Å². The highest BCUT2D eigenvalue weighted by Gasteiger charge is 2.23. The molecule has 2 rings (SSSR count). The summed E-state index contributed by atoms with van der Waals surface area (Å²) < 4.78 is -2.74. The van der Waals surface area contributed by atoms with Crippen LogP contribution in [0.3, 0.4) is 0 Å². The van der Waals surface area contributed by atoms with Crippen molar-refractivity contribution < 1.29 is 0 Å². The van der Waals surface area contributed by atoms with Gasteiger partial charge >= 0.3 is 0 Å². The van der Waals surface area contributed by atoms with Gasteiger partial charge in [0, 0.05) is 19.6 Å². The Hall–Kier alpha value is 1.58. The van der Waals surface area contributed by atoms with Crippen LogP contribution in [0.15, 0.2) is 68.1 Å². The van der Waals surface area contributed by atoms with E-state index in [0.717, 1.165) is 43.1 Å². The lowest BCUT2D eigenvalue weighted by Gasteiger charge is -2.12. The van der Waals surface area contributed by atoms with Gasteiger partial charge in [0.2, 0.25) is 6.25 Å². The van der Waals surface area contributed by atoms with Gasteiger partial charge in [-0.25, -0.2) is 0 Å². The van der Waals surface area contributed by atoms with E-state index in [1.807, 2.05) is 24.3 Å². The first-order valence-corrected chi connectivity index (χ1v) is 10.8. The molecule has 0 nitrogen and oxygen atoms in total.